The molecule has 0 radical (unpaired) electrons. The molecule has 0 aromatic heterocycles. The van der Waals surface area contributed by atoms with Crippen molar-refractivity contribution in [2.75, 3.05) is 19.6 Å². The minimum Gasteiger partial charge on any atom is -0.320 e. The van der Waals surface area contributed by atoms with Crippen LogP contribution in [0, 0.1) is 23.7 Å². The van der Waals surface area contributed by atoms with Gasteiger partial charge < -0.3 is 5.73 Å². The van der Waals surface area contributed by atoms with Crippen LogP contribution in [0.3, 0.4) is 0 Å². The van der Waals surface area contributed by atoms with Gasteiger partial charge in [0.25, 0.3) is 0 Å². The summed E-state index contributed by atoms with van der Waals surface area (Å²) < 4.78 is 0. The maximum absolute atomic E-state index is 5.44. The monoisotopic (exact) mass is 268 g/mol. The molecule has 0 atom stereocenters. The predicted molar refractivity (Wildman–Crippen MR) is 83.1 cm³/mol. The van der Waals surface area contributed by atoms with Crippen molar-refractivity contribution >= 4 is 0 Å². The third kappa shape index (κ3) is 4.37. The first-order valence-electron chi connectivity index (χ1n) is 7.83. The van der Waals surface area contributed by atoms with E-state index in [0.29, 0.717) is 6.54 Å². The second kappa shape index (κ2) is 6.43. The molecule has 1 aromatic rings. The van der Waals surface area contributed by atoms with Crippen molar-refractivity contribution in [2.45, 2.75) is 32.2 Å². The molecule has 2 aliphatic carbocycles. The zero-order chi connectivity index (χ0) is 13.8. The fourth-order valence-corrected chi connectivity index (χ4v) is 2.69. The Morgan fingerprint density at radius 3 is 2.40 bits per heavy atom. The lowest BCUT2D eigenvalue weighted by atomic mass is 10.1. The highest BCUT2D eigenvalue weighted by molar-refractivity contribution is 5.37. The van der Waals surface area contributed by atoms with Gasteiger partial charge in [0.2, 0.25) is 0 Å². The number of rotatable bonds is 6. The van der Waals surface area contributed by atoms with Crippen LogP contribution in [-0.4, -0.2) is 24.5 Å². The van der Waals surface area contributed by atoms with Crippen molar-refractivity contribution in [1.29, 1.82) is 0 Å². The largest absolute Gasteiger partial charge is 0.320 e. The molecule has 2 fully saturated rings. The lowest BCUT2D eigenvalue weighted by molar-refractivity contribution is 0.244. The standard InChI is InChI=1S/C18H24N2/c19-10-2-5-15-3-1-4-18(11-15)14-20(12-16-6-7-16)13-17-8-9-17/h1,3-4,11,16-17H,6-10,12-14,19H2. The van der Waals surface area contributed by atoms with Crippen molar-refractivity contribution in [3.05, 3.63) is 35.4 Å². The number of nitrogens with zero attached hydrogens (tertiary/aromatic N) is 1. The highest BCUT2D eigenvalue weighted by Crippen LogP contribution is 2.34. The molecule has 1 aromatic carbocycles. The Morgan fingerprint density at radius 2 is 1.80 bits per heavy atom. The number of benzene rings is 1. The molecule has 106 valence electrons. The lowest BCUT2D eigenvalue weighted by Crippen LogP contribution is -2.27. The van der Waals surface area contributed by atoms with E-state index in [9.17, 15) is 0 Å². The predicted octanol–water partition coefficient (Wildman–Crippen LogP) is 2.62. The average molecular weight is 268 g/mol. The van der Waals surface area contributed by atoms with Crippen molar-refractivity contribution < 1.29 is 0 Å². The van der Waals surface area contributed by atoms with Crippen LogP contribution < -0.4 is 5.73 Å². The van der Waals surface area contributed by atoms with Crippen molar-refractivity contribution in [2.24, 2.45) is 17.6 Å². The third-order valence-corrected chi connectivity index (χ3v) is 4.09. The van der Waals surface area contributed by atoms with Crippen molar-refractivity contribution in [3.63, 3.8) is 0 Å². The average Bonchev–Trinajstić information content (AvgIpc) is 3.33. The molecule has 3 rings (SSSR count). The Bertz CT molecular complexity index is 490. The summed E-state index contributed by atoms with van der Waals surface area (Å²) in [7, 11) is 0. The van der Waals surface area contributed by atoms with Gasteiger partial charge in [0.05, 0.1) is 6.54 Å². The fourth-order valence-electron chi connectivity index (χ4n) is 2.69. The summed E-state index contributed by atoms with van der Waals surface area (Å²) in [4.78, 5) is 2.66. The molecule has 0 saturated heterocycles. The summed E-state index contributed by atoms with van der Waals surface area (Å²) in [5.74, 6) is 8.00. The van der Waals surface area contributed by atoms with Gasteiger partial charge in [0.1, 0.15) is 0 Å². The zero-order valence-corrected chi connectivity index (χ0v) is 12.1. The van der Waals surface area contributed by atoms with Gasteiger partial charge >= 0.3 is 0 Å². The smallest absolute Gasteiger partial charge is 0.0555 e. The molecule has 0 spiro atoms. The molecule has 0 heterocycles. The molecule has 2 heteroatoms. The summed E-state index contributed by atoms with van der Waals surface area (Å²) in [6, 6.07) is 8.62. The molecular formula is C18H24N2. The van der Waals surface area contributed by atoms with Gasteiger partial charge in [0, 0.05) is 25.2 Å². The molecule has 2 N–H and O–H groups in total. The van der Waals surface area contributed by atoms with Gasteiger partial charge in [0.15, 0.2) is 0 Å². The molecule has 2 nitrogen and oxygen atoms in total. The summed E-state index contributed by atoms with van der Waals surface area (Å²) in [5.41, 5.74) is 7.91. The quantitative estimate of drug-likeness (QED) is 0.804. The van der Waals surface area contributed by atoms with Gasteiger partial charge in [-0.15, -0.1) is 0 Å². The van der Waals surface area contributed by atoms with Crippen molar-refractivity contribution in [3.8, 4) is 11.8 Å². The summed E-state index contributed by atoms with van der Waals surface area (Å²) in [6.07, 6.45) is 5.73. The van der Waals surface area contributed by atoms with Gasteiger partial charge in [-0.3, -0.25) is 4.90 Å². The SMILES string of the molecule is NCC#Cc1cccc(CN(CC2CC2)CC2CC2)c1. The van der Waals surface area contributed by atoms with E-state index in [4.69, 9.17) is 5.73 Å². The zero-order valence-electron chi connectivity index (χ0n) is 12.1. The first kappa shape index (κ1) is 13.7. The fraction of sp³-hybridized carbons (Fsp3) is 0.556. The van der Waals surface area contributed by atoms with E-state index in [1.807, 2.05) is 0 Å². The van der Waals surface area contributed by atoms with Crippen LogP contribution in [0.4, 0.5) is 0 Å². The molecule has 0 aliphatic heterocycles. The minimum atomic E-state index is 0.430. The number of hydrogen-bond acceptors (Lipinski definition) is 2. The van der Waals surface area contributed by atoms with E-state index < -0.39 is 0 Å². The lowest BCUT2D eigenvalue weighted by Gasteiger charge is -2.22. The molecule has 2 aliphatic rings. The van der Waals surface area contributed by atoms with Crippen LogP contribution in [0.5, 0.6) is 0 Å². The summed E-state index contributed by atoms with van der Waals surface area (Å²) in [5, 5.41) is 0. The van der Waals surface area contributed by atoms with Gasteiger partial charge in [-0.1, -0.05) is 24.0 Å². The van der Waals surface area contributed by atoms with E-state index in [0.717, 1.165) is 23.9 Å². The second-order valence-corrected chi connectivity index (χ2v) is 6.29. The first-order chi connectivity index (χ1) is 9.83. The summed E-state index contributed by atoms with van der Waals surface area (Å²) >= 11 is 0. The molecule has 0 unspecified atom stereocenters. The Kier molecular flexibility index (Phi) is 4.40. The Balaban J connectivity index is 1.63. The molecule has 2 saturated carbocycles. The van der Waals surface area contributed by atoms with E-state index >= 15 is 0 Å². The number of hydrogen-bond donors (Lipinski definition) is 1. The maximum Gasteiger partial charge on any atom is 0.0555 e. The summed E-state index contributed by atoms with van der Waals surface area (Å²) in [6.45, 7) is 4.08. The van der Waals surface area contributed by atoms with Gasteiger partial charge in [-0.05, 0) is 55.2 Å². The third-order valence-electron chi connectivity index (χ3n) is 4.09. The van der Waals surface area contributed by atoms with E-state index in [1.165, 1.54) is 44.3 Å². The van der Waals surface area contributed by atoms with Gasteiger partial charge in [-0.25, -0.2) is 0 Å². The van der Waals surface area contributed by atoms with Crippen molar-refractivity contribution in [1.82, 2.24) is 4.90 Å². The molecule has 0 amide bonds. The van der Waals surface area contributed by atoms with Crippen LogP contribution in [0.2, 0.25) is 0 Å². The Hall–Kier alpha value is -1.30. The van der Waals surface area contributed by atoms with E-state index in [1.54, 1.807) is 0 Å². The molecule has 20 heavy (non-hydrogen) atoms. The van der Waals surface area contributed by atoms with Crippen LogP contribution in [0.1, 0.15) is 36.8 Å². The highest BCUT2D eigenvalue weighted by atomic mass is 15.1. The van der Waals surface area contributed by atoms with Crippen LogP contribution >= 0.6 is 0 Å². The normalized spacial score (nSPS) is 17.9. The minimum absolute atomic E-state index is 0.430. The molecule has 0 bridgehead atoms. The highest BCUT2D eigenvalue weighted by Gasteiger charge is 2.29. The maximum atomic E-state index is 5.44. The van der Waals surface area contributed by atoms with Crippen LogP contribution in [0.25, 0.3) is 0 Å². The van der Waals surface area contributed by atoms with Crippen LogP contribution in [-0.2, 0) is 6.54 Å². The first-order valence-corrected chi connectivity index (χ1v) is 7.83. The second-order valence-electron chi connectivity index (χ2n) is 6.29. The number of nitrogens with two attached hydrogens (primary N) is 1. The topological polar surface area (TPSA) is 29.3 Å². The van der Waals surface area contributed by atoms with Gasteiger partial charge in [-0.2, -0.15) is 0 Å². The Morgan fingerprint density at radius 1 is 1.10 bits per heavy atom. The Labute approximate surface area is 122 Å². The van der Waals surface area contributed by atoms with E-state index in [2.05, 4.69) is 41.0 Å². The van der Waals surface area contributed by atoms with E-state index in [-0.39, 0.29) is 0 Å². The molecular weight excluding hydrogens is 244 g/mol. The van der Waals surface area contributed by atoms with Crippen LogP contribution in [0.15, 0.2) is 24.3 Å².